The van der Waals surface area contributed by atoms with Crippen LogP contribution in [0.3, 0.4) is 0 Å². The second-order valence-corrected chi connectivity index (χ2v) is 4.30. The van der Waals surface area contributed by atoms with Gasteiger partial charge in [-0.05, 0) is 18.2 Å². The molecule has 1 aromatic rings. The number of nitrogens with two attached hydrogens (primary N) is 2. The van der Waals surface area contributed by atoms with Gasteiger partial charge in [0.25, 0.3) is 0 Å². The number of amides is 1. The molecular weight excluding hydrogens is 220 g/mol. The number of thioether (sulfide) groups is 1. The van der Waals surface area contributed by atoms with Crippen molar-refractivity contribution in [2.75, 3.05) is 11.5 Å². The molecule has 1 aromatic carbocycles. The van der Waals surface area contributed by atoms with E-state index < -0.39 is 0 Å². The molecule has 76 valence electrons. The first-order valence-corrected chi connectivity index (χ1v) is 5.42. The highest BCUT2D eigenvalue weighted by Gasteiger charge is 2.02. The molecule has 0 heterocycles. The minimum Gasteiger partial charge on any atom is -0.399 e. The van der Waals surface area contributed by atoms with Crippen LogP contribution < -0.4 is 11.5 Å². The van der Waals surface area contributed by atoms with Crippen molar-refractivity contribution in [1.82, 2.24) is 0 Å². The lowest BCUT2D eigenvalue weighted by Gasteiger charge is -2.03. The summed E-state index contributed by atoms with van der Waals surface area (Å²) in [5.41, 5.74) is 11.2. The summed E-state index contributed by atoms with van der Waals surface area (Å²) in [5, 5.41) is 0.611. The van der Waals surface area contributed by atoms with Crippen LogP contribution in [-0.2, 0) is 4.79 Å². The molecule has 4 N–H and O–H groups in total. The Morgan fingerprint density at radius 2 is 2.21 bits per heavy atom. The first kappa shape index (κ1) is 11.2. The van der Waals surface area contributed by atoms with Gasteiger partial charge in [-0.15, -0.1) is 11.8 Å². The fourth-order valence-corrected chi connectivity index (χ4v) is 2.13. The summed E-state index contributed by atoms with van der Waals surface area (Å²) >= 11 is 7.42. The van der Waals surface area contributed by atoms with Crippen LogP contribution in [0.25, 0.3) is 0 Å². The van der Waals surface area contributed by atoms with Crippen molar-refractivity contribution in [1.29, 1.82) is 0 Å². The molecule has 1 rings (SSSR count). The van der Waals surface area contributed by atoms with Gasteiger partial charge in [-0.1, -0.05) is 11.6 Å². The highest BCUT2D eigenvalue weighted by Crippen LogP contribution is 2.28. The van der Waals surface area contributed by atoms with Gasteiger partial charge in [0.15, 0.2) is 0 Å². The molecule has 14 heavy (non-hydrogen) atoms. The van der Waals surface area contributed by atoms with Crippen LogP contribution in [0.15, 0.2) is 23.1 Å². The topological polar surface area (TPSA) is 69.1 Å². The molecule has 0 aliphatic rings. The van der Waals surface area contributed by atoms with Gasteiger partial charge >= 0.3 is 0 Å². The molecular formula is C9H11ClN2OS. The maximum absolute atomic E-state index is 10.5. The number of hydrogen-bond acceptors (Lipinski definition) is 3. The second-order valence-electron chi connectivity index (χ2n) is 2.75. The molecule has 0 fully saturated rings. The van der Waals surface area contributed by atoms with Crippen molar-refractivity contribution in [3.8, 4) is 0 Å². The van der Waals surface area contributed by atoms with Crippen molar-refractivity contribution < 1.29 is 4.79 Å². The Kier molecular flexibility index (Phi) is 4.10. The average molecular weight is 231 g/mol. The van der Waals surface area contributed by atoms with Gasteiger partial charge < -0.3 is 11.5 Å². The van der Waals surface area contributed by atoms with Crippen LogP contribution in [0.2, 0.25) is 5.02 Å². The summed E-state index contributed by atoms with van der Waals surface area (Å²) in [6, 6.07) is 5.30. The van der Waals surface area contributed by atoms with Crippen molar-refractivity contribution in [3.05, 3.63) is 23.2 Å². The average Bonchev–Trinajstić information content (AvgIpc) is 2.08. The number of anilines is 1. The second kappa shape index (κ2) is 5.12. The van der Waals surface area contributed by atoms with Crippen LogP contribution in [0.4, 0.5) is 5.69 Å². The van der Waals surface area contributed by atoms with E-state index in [1.165, 1.54) is 11.8 Å². The zero-order valence-corrected chi connectivity index (χ0v) is 9.07. The minimum atomic E-state index is -0.302. The lowest BCUT2D eigenvalue weighted by molar-refractivity contribution is -0.117. The fourth-order valence-electron chi connectivity index (χ4n) is 0.896. The maximum atomic E-state index is 10.5. The third-order valence-corrected chi connectivity index (χ3v) is 3.06. The zero-order valence-electron chi connectivity index (χ0n) is 7.50. The van der Waals surface area contributed by atoms with E-state index in [2.05, 4.69) is 0 Å². The normalized spacial score (nSPS) is 10.1. The summed E-state index contributed by atoms with van der Waals surface area (Å²) < 4.78 is 0. The van der Waals surface area contributed by atoms with Crippen LogP contribution >= 0.6 is 23.4 Å². The van der Waals surface area contributed by atoms with E-state index in [-0.39, 0.29) is 5.91 Å². The van der Waals surface area contributed by atoms with E-state index in [4.69, 9.17) is 23.1 Å². The number of benzene rings is 1. The highest BCUT2D eigenvalue weighted by molar-refractivity contribution is 7.99. The molecule has 0 spiro atoms. The van der Waals surface area contributed by atoms with Crippen molar-refractivity contribution in [2.45, 2.75) is 11.3 Å². The van der Waals surface area contributed by atoms with Crippen LogP contribution in [0.5, 0.6) is 0 Å². The van der Waals surface area contributed by atoms with E-state index in [9.17, 15) is 4.79 Å². The van der Waals surface area contributed by atoms with Crippen LogP contribution in [0.1, 0.15) is 6.42 Å². The van der Waals surface area contributed by atoms with Gasteiger partial charge in [0.05, 0.1) is 5.02 Å². The van der Waals surface area contributed by atoms with E-state index in [1.54, 1.807) is 12.1 Å². The summed E-state index contributed by atoms with van der Waals surface area (Å²) in [6.07, 6.45) is 0.353. The van der Waals surface area contributed by atoms with Crippen LogP contribution in [-0.4, -0.2) is 11.7 Å². The molecule has 0 bridgehead atoms. The lowest BCUT2D eigenvalue weighted by atomic mass is 10.3. The van der Waals surface area contributed by atoms with E-state index in [0.717, 1.165) is 4.90 Å². The van der Waals surface area contributed by atoms with E-state index >= 15 is 0 Å². The summed E-state index contributed by atoms with van der Waals surface area (Å²) in [4.78, 5) is 11.4. The lowest BCUT2D eigenvalue weighted by Crippen LogP contribution is -2.10. The summed E-state index contributed by atoms with van der Waals surface area (Å²) in [6.45, 7) is 0. The van der Waals surface area contributed by atoms with E-state index in [1.807, 2.05) is 6.07 Å². The number of rotatable bonds is 4. The SMILES string of the molecule is NC(=O)CCSc1ccc(N)cc1Cl. The number of carbonyl (C=O) groups is 1. The number of halogens is 1. The van der Waals surface area contributed by atoms with E-state index in [0.29, 0.717) is 22.9 Å². The molecule has 1 amide bonds. The Labute approximate surface area is 91.8 Å². The number of hydrogen-bond donors (Lipinski definition) is 2. The minimum absolute atomic E-state index is 0.302. The predicted molar refractivity (Wildman–Crippen MR) is 60.4 cm³/mol. The number of carbonyl (C=O) groups excluding carboxylic acids is 1. The monoisotopic (exact) mass is 230 g/mol. The van der Waals surface area contributed by atoms with Gasteiger partial charge in [0.2, 0.25) is 5.91 Å². The molecule has 0 aliphatic heterocycles. The molecule has 0 atom stereocenters. The number of nitrogen functional groups attached to an aromatic ring is 1. The summed E-state index contributed by atoms with van der Waals surface area (Å²) in [5.74, 6) is 0.336. The molecule has 0 radical (unpaired) electrons. The molecule has 0 saturated heterocycles. The number of primary amides is 1. The third kappa shape index (κ3) is 3.47. The Morgan fingerprint density at radius 3 is 2.79 bits per heavy atom. The quantitative estimate of drug-likeness (QED) is 0.613. The first-order valence-electron chi connectivity index (χ1n) is 4.05. The van der Waals surface area contributed by atoms with Crippen molar-refractivity contribution in [3.63, 3.8) is 0 Å². The van der Waals surface area contributed by atoms with Gasteiger partial charge in [0.1, 0.15) is 0 Å². The fraction of sp³-hybridized carbons (Fsp3) is 0.222. The molecule has 0 unspecified atom stereocenters. The molecule has 5 heteroatoms. The Morgan fingerprint density at radius 1 is 1.50 bits per heavy atom. The highest BCUT2D eigenvalue weighted by atomic mass is 35.5. The predicted octanol–water partition coefficient (Wildman–Crippen LogP) is 1.89. The zero-order chi connectivity index (χ0) is 10.6. The standard InChI is InChI=1S/C9H11ClN2OS/c10-7-5-6(11)1-2-8(7)14-4-3-9(12)13/h1-2,5H,3-4,11H2,(H2,12,13). The van der Waals surface area contributed by atoms with Gasteiger partial charge in [0, 0.05) is 22.8 Å². The Bertz CT molecular complexity index is 344. The smallest absolute Gasteiger partial charge is 0.218 e. The maximum Gasteiger partial charge on any atom is 0.218 e. The first-order chi connectivity index (χ1) is 6.59. The van der Waals surface area contributed by atoms with Crippen molar-refractivity contribution >= 4 is 35.0 Å². The van der Waals surface area contributed by atoms with Gasteiger partial charge in [-0.2, -0.15) is 0 Å². The Balaban J connectivity index is 2.55. The van der Waals surface area contributed by atoms with Gasteiger partial charge in [-0.3, -0.25) is 4.79 Å². The summed E-state index contributed by atoms with van der Waals surface area (Å²) in [7, 11) is 0. The molecule has 3 nitrogen and oxygen atoms in total. The largest absolute Gasteiger partial charge is 0.399 e. The Hall–Kier alpha value is -0.870. The van der Waals surface area contributed by atoms with Crippen molar-refractivity contribution in [2.24, 2.45) is 5.73 Å². The van der Waals surface area contributed by atoms with Crippen LogP contribution in [0, 0.1) is 0 Å². The molecule has 0 aromatic heterocycles. The molecule has 0 saturated carbocycles. The van der Waals surface area contributed by atoms with Gasteiger partial charge in [-0.25, -0.2) is 0 Å². The third-order valence-electron chi connectivity index (χ3n) is 1.56. The molecule has 0 aliphatic carbocycles.